The van der Waals surface area contributed by atoms with Gasteiger partial charge >= 0.3 is 0 Å². The van der Waals surface area contributed by atoms with Crippen molar-refractivity contribution in [1.29, 1.82) is 0 Å². The van der Waals surface area contributed by atoms with E-state index in [4.69, 9.17) is 0 Å². The Labute approximate surface area is 58.7 Å². The molecule has 52 valence electrons. The summed E-state index contributed by atoms with van der Waals surface area (Å²) in [6.45, 7) is 0.932. The maximum Gasteiger partial charge on any atom is 0.0657 e. The van der Waals surface area contributed by atoms with Crippen molar-refractivity contribution < 1.29 is 0 Å². The predicted octanol–water partition coefficient (Wildman–Crippen LogP) is 0.211. The van der Waals surface area contributed by atoms with Crippen molar-refractivity contribution in [2.45, 2.75) is 6.42 Å². The molecule has 0 spiro atoms. The average Bonchev–Trinajstić information content (AvgIpc) is 2.59. The molecule has 0 aromatic carbocycles. The molecule has 1 aliphatic rings. The van der Waals surface area contributed by atoms with Gasteiger partial charge in [-0.1, -0.05) is 0 Å². The Morgan fingerprint density at radius 1 is 1.40 bits per heavy atom. The molecule has 0 N–H and O–H groups in total. The third-order valence-corrected chi connectivity index (χ3v) is 1.40. The topological polar surface area (TPSA) is 33.4 Å². The van der Waals surface area contributed by atoms with Crippen LogP contribution in [-0.4, -0.2) is 22.6 Å². The van der Waals surface area contributed by atoms with Crippen LogP contribution in [0.1, 0.15) is 6.42 Å². The van der Waals surface area contributed by atoms with Gasteiger partial charge in [-0.15, -0.1) is 0 Å². The lowest BCUT2D eigenvalue weighted by molar-refractivity contribution is 0.574. The molecule has 4 heteroatoms. The van der Waals surface area contributed by atoms with Crippen molar-refractivity contribution in [2.75, 3.05) is 11.7 Å². The summed E-state index contributed by atoms with van der Waals surface area (Å²) in [5, 5.41) is 9.93. The van der Waals surface area contributed by atoms with E-state index in [1.165, 1.54) is 0 Å². The van der Waals surface area contributed by atoms with Gasteiger partial charge in [0.1, 0.15) is 0 Å². The molecule has 0 unspecified atom stereocenters. The molecule has 4 nitrogen and oxygen atoms in total. The zero-order chi connectivity index (χ0) is 6.81. The lowest BCUT2D eigenvalue weighted by Crippen LogP contribution is -2.26. The van der Waals surface area contributed by atoms with Crippen LogP contribution < -0.4 is 5.12 Å². The SMILES string of the molecule is C1=NN(n2cccn2)CC1. The van der Waals surface area contributed by atoms with E-state index in [0.29, 0.717) is 0 Å². The molecule has 2 heterocycles. The average molecular weight is 136 g/mol. The molecule has 0 atom stereocenters. The third-order valence-electron chi connectivity index (χ3n) is 1.40. The van der Waals surface area contributed by atoms with E-state index in [9.17, 15) is 0 Å². The predicted molar refractivity (Wildman–Crippen MR) is 38.4 cm³/mol. The summed E-state index contributed by atoms with van der Waals surface area (Å²) in [6, 6.07) is 1.88. The number of nitrogens with zero attached hydrogens (tertiary/aromatic N) is 4. The van der Waals surface area contributed by atoms with Gasteiger partial charge in [0, 0.05) is 12.6 Å². The Morgan fingerprint density at radius 3 is 3.00 bits per heavy atom. The number of rotatable bonds is 1. The lowest BCUT2D eigenvalue weighted by atomic mass is 10.5. The smallest absolute Gasteiger partial charge is 0.0657 e. The minimum Gasteiger partial charge on any atom is -0.185 e. The van der Waals surface area contributed by atoms with E-state index in [-0.39, 0.29) is 0 Å². The molecular weight excluding hydrogens is 128 g/mol. The van der Waals surface area contributed by atoms with Crippen molar-refractivity contribution in [3.63, 3.8) is 0 Å². The fourth-order valence-corrected chi connectivity index (χ4v) is 0.936. The Balaban J connectivity index is 2.20. The first kappa shape index (κ1) is 5.46. The molecule has 10 heavy (non-hydrogen) atoms. The highest BCUT2D eigenvalue weighted by atomic mass is 15.8. The Hall–Kier alpha value is -1.32. The molecule has 1 aromatic heterocycles. The highest BCUT2D eigenvalue weighted by molar-refractivity contribution is 5.60. The lowest BCUT2D eigenvalue weighted by Gasteiger charge is -2.11. The van der Waals surface area contributed by atoms with Crippen molar-refractivity contribution >= 4 is 6.21 Å². The first-order chi connectivity index (χ1) is 4.97. The molecular formula is C6H8N4. The number of hydrazone groups is 1. The van der Waals surface area contributed by atoms with Crippen LogP contribution in [0.5, 0.6) is 0 Å². The summed E-state index contributed by atoms with van der Waals surface area (Å²) in [7, 11) is 0. The Morgan fingerprint density at radius 2 is 2.40 bits per heavy atom. The van der Waals surface area contributed by atoms with Crippen LogP contribution in [0, 0.1) is 0 Å². The fourth-order valence-electron chi connectivity index (χ4n) is 0.936. The van der Waals surface area contributed by atoms with E-state index in [2.05, 4.69) is 10.2 Å². The van der Waals surface area contributed by atoms with Crippen molar-refractivity contribution in [3.8, 4) is 0 Å². The van der Waals surface area contributed by atoms with Gasteiger partial charge in [-0.3, -0.25) is 0 Å². The molecule has 0 amide bonds. The van der Waals surface area contributed by atoms with Crippen molar-refractivity contribution in [3.05, 3.63) is 18.5 Å². The zero-order valence-corrected chi connectivity index (χ0v) is 5.51. The molecule has 0 radical (unpaired) electrons. The van der Waals surface area contributed by atoms with Gasteiger partial charge in [0.2, 0.25) is 0 Å². The summed E-state index contributed by atoms with van der Waals surface area (Å²) >= 11 is 0. The van der Waals surface area contributed by atoms with Gasteiger partial charge in [0.25, 0.3) is 0 Å². The molecule has 0 saturated carbocycles. The maximum atomic E-state index is 4.09. The largest absolute Gasteiger partial charge is 0.185 e. The highest BCUT2D eigenvalue weighted by Gasteiger charge is 2.05. The highest BCUT2D eigenvalue weighted by Crippen LogP contribution is 1.97. The summed E-state index contributed by atoms with van der Waals surface area (Å²) in [5.41, 5.74) is 0. The number of aromatic nitrogens is 2. The second-order valence-corrected chi connectivity index (χ2v) is 2.11. The van der Waals surface area contributed by atoms with E-state index in [1.807, 2.05) is 23.6 Å². The van der Waals surface area contributed by atoms with Crippen molar-refractivity contribution in [1.82, 2.24) is 9.89 Å². The van der Waals surface area contributed by atoms with Crippen LogP contribution in [0.2, 0.25) is 0 Å². The quantitative estimate of drug-likeness (QED) is 0.553. The minimum atomic E-state index is 0.932. The molecule has 0 bridgehead atoms. The van der Waals surface area contributed by atoms with Gasteiger partial charge < -0.3 is 0 Å². The second kappa shape index (κ2) is 2.13. The first-order valence-electron chi connectivity index (χ1n) is 3.27. The summed E-state index contributed by atoms with van der Waals surface area (Å²) < 4.78 is 0. The van der Waals surface area contributed by atoms with Crippen LogP contribution in [0.4, 0.5) is 0 Å². The van der Waals surface area contributed by atoms with Gasteiger partial charge in [-0.05, 0) is 6.07 Å². The van der Waals surface area contributed by atoms with Crippen LogP contribution in [0.25, 0.3) is 0 Å². The molecule has 0 saturated heterocycles. The molecule has 2 rings (SSSR count). The van der Waals surface area contributed by atoms with E-state index in [1.54, 1.807) is 11.0 Å². The number of hydrogen-bond acceptors (Lipinski definition) is 3. The van der Waals surface area contributed by atoms with E-state index in [0.717, 1.165) is 13.0 Å². The van der Waals surface area contributed by atoms with Gasteiger partial charge in [-0.25, -0.2) is 0 Å². The third kappa shape index (κ3) is 0.775. The monoisotopic (exact) mass is 136 g/mol. The second-order valence-electron chi connectivity index (χ2n) is 2.11. The van der Waals surface area contributed by atoms with E-state index < -0.39 is 0 Å². The molecule has 1 aliphatic heterocycles. The molecule has 1 aromatic rings. The van der Waals surface area contributed by atoms with Crippen LogP contribution in [0.15, 0.2) is 23.6 Å². The molecule has 0 fully saturated rings. The van der Waals surface area contributed by atoms with Crippen molar-refractivity contribution in [2.24, 2.45) is 5.10 Å². The van der Waals surface area contributed by atoms with Crippen LogP contribution in [0.3, 0.4) is 0 Å². The van der Waals surface area contributed by atoms with Gasteiger partial charge in [-0.2, -0.15) is 20.1 Å². The number of hydrogen-bond donors (Lipinski definition) is 0. The van der Waals surface area contributed by atoms with E-state index >= 15 is 0 Å². The van der Waals surface area contributed by atoms with Gasteiger partial charge in [0.15, 0.2) is 0 Å². The van der Waals surface area contributed by atoms with Crippen LogP contribution in [-0.2, 0) is 0 Å². The normalized spacial score (nSPS) is 16.6. The minimum absolute atomic E-state index is 0.932. The summed E-state index contributed by atoms with van der Waals surface area (Å²) in [5.74, 6) is 0. The molecule has 0 aliphatic carbocycles. The van der Waals surface area contributed by atoms with Crippen LogP contribution >= 0.6 is 0 Å². The Kier molecular flexibility index (Phi) is 1.16. The van der Waals surface area contributed by atoms with Gasteiger partial charge in [0.05, 0.1) is 18.9 Å². The zero-order valence-electron chi connectivity index (χ0n) is 5.51. The summed E-state index contributed by atoms with van der Waals surface area (Å²) in [6.07, 6.45) is 6.53. The Bertz CT molecular complexity index is 226. The maximum absolute atomic E-state index is 4.09. The summed E-state index contributed by atoms with van der Waals surface area (Å²) in [4.78, 5) is 1.73. The fraction of sp³-hybridized carbons (Fsp3) is 0.333. The standard InChI is InChI=1S/C6H8N4/c1-3-7-9(5-1)10-6-2-4-8-10/h1,3-5H,2,6H2. The first-order valence-corrected chi connectivity index (χ1v) is 3.27.